The molecule has 0 aliphatic heterocycles. The molecule has 0 heterocycles. The average molecular weight is 444 g/mol. The molecule has 0 fully saturated rings. The Morgan fingerprint density at radius 2 is 1.07 bits per heavy atom. The van der Waals surface area contributed by atoms with Gasteiger partial charge in [0, 0.05) is 5.69 Å². The highest BCUT2D eigenvalue weighted by molar-refractivity contribution is 6.74. The number of benzene rings is 1. The normalized spacial score (nSPS) is 12.3. The van der Waals surface area contributed by atoms with Crippen LogP contribution in [0.1, 0.15) is 20.8 Å². The van der Waals surface area contributed by atoms with E-state index >= 15 is 0 Å². The van der Waals surface area contributed by atoms with Gasteiger partial charge in [-0.25, -0.2) is 0 Å². The first-order valence-electron chi connectivity index (χ1n) is 10.7. The molecular formula is C22H41NO6Si. The van der Waals surface area contributed by atoms with E-state index in [1.165, 1.54) is 0 Å². The topological polar surface area (TPSA) is 81.4 Å². The SMILES string of the molecule is CC(C)(C)[Si](C)(C)OCCOCCOCCOCCOCCOc1ccc(N)cc1. The summed E-state index contributed by atoms with van der Waals surface area (Å²) in [5.41, 5.74) is 6.35. The van der Waals surface area contributed by atoms with E-state index in [2.05, 4.69) is 33.9 Å². The molecule has 8 heteroatoms. The Hall–Kier alpha value is -1.16. The summed E-state index contributed by atoms with van der Waals surface area (Å²) in [6.07, 6.45) is 0. The Morgan fingerprint density at radius 1 is 0.667 bits per heavy atom. The Bertz CT molecular complexity index is 548. The number of hydrogen-bond donors (Lipinski definition) is 1. The summed E-state index contributed by atoms with van der Waals surface area (Å²) in [6.45, 7) is 16.7. The highest BCUT2D eigenvalue weighted by Crippen LogP contribution is 2.36. The van der Waals surface area contributed by atoms with Crippen molar-refractivity contribution in [2.45, 2.75) is 38.9 Å². The van der Waals surface area contributed by atoms with Gasteiger partial charge in [-0.15, -0.1) is 0 Å². The van der Waals surface area contributed by atoms with Crippen LogP contribution in [-0.2, 0) is 23.4 Å². The summed E-state index contributed by atoms with van der Waals surface area (Å²) in [7, 11) is -1.68. The maximum Gasteiger partial charge on any atom is 0.192 e. The van der Waals surface area contributed by atoms with Crippen LogP contribution in [0, 0.1) is 0 Å². The third kappa shape index (κ3) is 12.5. The van der Waals surface area contributed by atoms with E-state index in [-0.39, 0.29) is 5.04 Å². The Kier molecular flexibility index (Phi) is 13.2. The van der Waals surface area contributed by atoms with E-state index in [1.54, 1.807) is 0 Å². The fourth-order valence-electron chi connectivity index (χ4n) is 2.12. The molecule has 30 heavy (non-hydrogen) atoms. The molecule has 1 rings (SSSR count). The van der Waals surface area contributed by atoms with Crippen molar-refractivity contribution >= 4 is 14.0 Å². The molecule has 0 unspecified atom stereocenters. The van der Waals surface area contributed by atoms with Crippen LogP contribution < -0.4 is 10.5 Å². The highest BCUT2D eigenvalue weighted by Gasteiger charge is 2.36. The zero-order chi connectivity index (χ0) is 22.3. The molecule has 0 aliphatic carbocycles. The summed E-state index contributed by atoms with van der Waals surface area (Å²) >= 11 is 0. The van der Waals surface area contributed by atoms with Gasteiger partial charge < -0.3 is 33.8 Å². The van der Waals surface area contributed by atoms with Crippen molar-refractivity contribution in [2.75, 3.05) is 71.8 Å². The van der Waals surface area contributed by atoms with E-state index in [9.17, 15) is 0 Å². The van der Waals surface area contributed by atoms with Crippen molar-refractivity contribution in [3.8, 4) is 5.75 Å². The maximum atomic E-state index is 6.06. The van der Waals surface area contributed by atoms with Crippen molar-refractivity contribution in [1.29, 1.82) is 0 Å². The zero-order valence-corrected chi connectivity index (χ0v) is 20.4. The lowest BCUT2D eigenvalue weighted by molar-refractivity contribution is -0.00737. The second-order valence-electron chi connectivity index (χ2n) is 8.48. The fraction of sp³-hybridized carbons (Fsp3) is 0.727. The van der Waals surface area contributed by atoms with E-state index in [0.29, 0.717) is 66.1 Å². The summed E-state index contributed by atoms with van der Waals surface area (Å²) < 4.78 is 33.6. The minimum absolute atomic E-state index is 0.229. The largest absolute Gasteiger partial charge is 0.491 e. The van der Waals surface area contributed by atoms with Gasteiger partial charge in [0.15, 0.2) is 8.32 Å². The molecule has 0 spiro atoms. The number of anilines is 1. The van der Waals surface area contributed by atoms with Crippen molar-refractivity contribution in [1.82, 2.24) is 0 Å². The monoisotopic (exact) mass is 443 g/mol. The fourth-order valence-corrected chi connectivity index (χ4v) is 3.14. The molecule has 0 radical (unpaired) electrons. The summed E-state index contributed by atoms with van der Waals surface area (Å²) in [5.74, 6) is 0.785. The van der Waals surface area contributed by atoms with Gasteiger partial charge in [0.2, 0.25) is 0 Å². The molecule has 0 bridgehead atoms. The average Bonchev–Trinajstić information content (AvgIpc) is 2.68. The third-order valence-electron chi connectivity index (χ3n) is 4.99. The molecule has 7 nitrogen and oxygen atoms in total. The minimum atomic E-state index is -1.68. The van der Waals surface area contributed by atoms with Gasteiger partial charge in [-0.05, 0) is 42.4 Å². The lowest BCUT2D eigenvalue weighted by atomic mass is 10.2. The van der Waals surface area contributed by atoms with Gasteiger partial charge in [0.25, 0.3) is 0 Å². The van der Waals surface area contributed by atoms with Crippen LogP contribution in [0.25, 0.3) is 0 Å². The van der Waals surface area contributed by atoms with E-state index in [4.69, 9.17) is 33.8 Å². The molecule has 0 atom stereocenters. The predicted octanol–water partition coefficient (Wildman–Crippen LogP) is 3.74. The first-order valence-corrected chi connectivity index (χ1v) is 13.6. The zero-order valence-electron chi connectivity index (χ0n) is 19.4. The summed E-state index contributed by atoms with van der Waals surface area (Å²) in [5, 5.41) is 0.229. The summed E-state index contributed by atoms with van der Waals surface area (Å²) in [6, 6.07) is 7.30. The molecule has 0 amide bonds. The van der Waals surface area contributed by atoms with Gasteiger partial charge in [-0.3, -0.25) is 0 Å². The van der Waals surface area contributed by atoms with Crippen LogP contribution in [-0.4, -0.2) is 74.4 Å². The Balaban J connectivity index is 1.80. The smallest absolute Gasteiger partial charge is 0.192 e. The number of nitrogens with two attached hydrogens (primary N) is 1. The second kappa shape index (κ2) is 14.8. The Labute approximate surface area is 183 Å². The van der Waals surface area contributed by atoms with Gasteiger partial charge in [-0.2, -0.15) is 0 Å². The highest BCUT2D eigenvalue weighted by atomic mass is 28.4. The molecule has 0 saturated heterocycles. The molecule has 0 aliphatic rings. The number of hydrogen-bond acceptors (Lipinski definition) is 7. The van der Waals surface area contributed by atoms with Crippen LogP contribution >= 0.6 is 0 Å². The number of nitrogen functional groups attached to an aromatic ring is 1. The molecule has 1 aromatic rings. The first-order chi connectivity index (χ1) is 14.2. The van der Waals surface area contributed by atoms with Gasteiger partial charge >= 0.3 is 0 Å². The van der Waals surface area contributed by atoms with Crippen LogP contribution in [0.15, 0.2) is 24.3 Å². The quantitative estimate of drug-likeness (QED) is 0.223. The molecule has 1 aromatic carbocycles. The van der Waals surface area contributed by atoms with Crippen LogP contribution in [0.2, 0.25) is 18.1 Å². The molecule has 174 valence electrons. The first kappa shape index (κ1) is 26.9. The van der Waals surface area contributed by atoms with Crippen LogP contribution in [0.5, 0.6) is 5.75 Å². The molecular weight excluding hydrogens is 402 g/mol. The molecule has 2 N–H and O–H groups in total. The molecule has 0 aromatic heterocycles. The van der Waals surface area contributed by atoms with Crippen molar-refractivity contribution in [3.05, 3.63) is 24.3 Å². The van der Waals surface area contributed by atoms with Gasteiger partial charge in [0.1, 0.15) is 12.4 Å². The lowest BCUT2D eigenvalue weighted by Crippen LogP contribution is -2.41. The number of ether oxygens (including phenoxy) is 5. The van der Waals surface area contributed by atoms with Crippen molar-refractivity contribution < 1.29 is 28.1 Å². The standard InChI is InChI=1S/C22H41NO6Si/c1-22(2,3)30(4,5)29-19-17-27-15-13-25-11-10-24-12-14-26-16-18-28-21-8-6-20(23)7-9-21/h6-9H,10-19,23H2,1-5H3. The van der Waals surface area contributed by atoms with E-state index < -0.39 is 8.32 Å². The van der Waals surface area contributed by atoms with E-state index in [1.807, 2.05) is 24.3 Å². The predicted molar refractivity (Wildman–Crippen MR) is 123 cm³/mol. The van der Waals surface area contributed by atoms with Gasteiger partial charge in [-0.1, -0.05) is 20.8 Å². The van der Waals surface area contributed by atoms with E-state index in [0.717, 1.165) is 11.4 Å². The molecule has 0 saturated carbocycles. The number of rotatable bonds is 17. The van der Waals surface area contributed by atoms with Gasteiger partial charge in [0.05, 0.1) is 59.5 Å². The minimum Gasteiger partial charge on any atom is -0.491 e. The van der Waals surface area contributed by atoms with Crippen molar-refractivity contribution in [2.24, 2.45) is 0 Å². The Morgan fingerprint density at radius 3 is 1.50 bits per heavy atom. The lowest BCUT2D eigenvalue weighted by Gasteiger charge is -2.36. The summed E-state index contributed by atoms with van der Waals surface area (Å²) in [4.78, 5) is 0. The van der Waals surface area contributed by atoms with Crippen LogP contribution in [0.3, 0.4) is 0 Å². The van der Waals surface area contributed by atoms with Crippen molar-refractivity contribution in [3.63, 3.8) is 0 Å². The second-order valence-corrected chi connectivity index (χ2v) is 13.3. The van der Waals surface area contributed by atoms with Crippen LogP contribution in [0.4, 0.5) is 5.69 Å². The third-order valence-corrected chi connectivity index (χ3v) is 9.53. The maximum absolute atomic E-state index is 6.06.